The van der Waals surface area contributed by atoms with Crippen molar-refractivity contribution < 1.29 is 19.1 Å². The van der Waals surface area contributed by atoms with Gasteiger partial charge in [0.2, 0.25) is 6.79 Å². The van der Waals surface area contributed by atoms with Crippen molar-refractivity contribution in [2.45, 2.75) is 12.8 Å². The van der Waals surface area contributed by atoms with Gasteiger partial charge in [-0.3, -0.25) is 4.79 Å². The van der Waals surface area contributed by atoms with Gasteiger partial charge in [0.25, 0.3) is 0 Å². The van der Waals surface area contributed by atoms with E-state index in [1.54, 1.807) is 23.1 Å². The highest BCUT2D eigenvalue weighted by Crippen LogP contribution is 2.34. The van der Waals surface area contributed by atoms with Crippen molar-refractivity contribution in [2.75, 3.05) is 25.2 Å². The van der Waals surface area contributed by atoms with Gasteiger partial charge in [0, 0.05) is 36.3 Å². The maximum Gasteiger partial charge on any atom is 0.321 e. The van der Waals surface area contributed by atoms with E-state index in [9.17, 15) is 9.59 Å². The lowest BCUT2D eigenvalue weighted by atomic mass is 9.89. The maximum absolute atomic E-state index is 12.5. The summed E-state index contributed by atoms with van der Waals surface area (Å²) in [7, 11) is 0. The van der Waals surface area contributed by atoms with Crippen LogP contribution in [0.4, 0.5) is 10.5 Å². The zero-order valence-corrected chi connectivity index (χ0v) is 14.3. The highest BCUT2D eigenvalue weighted by atomic mass is 16.7. The predicted molar refractivity (Wildman–Crippen MR) is 96.7 cm³/mol. The standard InChI is InChI=1S/C20H20N2O4/c23-19(14-4-2-1-3-5-14)15-8-10-22(11-9-15)20(24)21-16-6-7-17-18(12-16)26-13-25-17/h1-7,12,15H,8-11,13H2,(H,21,24). The van der Waals surface area contributed by atoms with Crippen LogP contribution in [0.15, 0.2) is 48.5 Å². The quantitative estimate of drug-likeness (QED) is 0.858. The number of anilines is 1. The minimum Gasteiger partial charge on any atom is -0.454 e. The van der Waals surface area contributed by atoms with Crippen molar-refractivity contribution in [3.63, 3.8) is 0 Å². The van der Waals surface area contributed by atoms with Crippen molar-refractivity contribution in [1.29, 1.82) is 0 Å². The van der Waals surface area contributed by atoms with Gasteiger partial charge < -0.3 is 19.7 Å². The van der Waals surface area contributed by atoms with E-state index in [-0.39, 0.29) is 24.5 Å². The van der Waals surface area contributed by atoms with Gasteiger partial charge in [-0.15, -0.1) is 0 Å². The number of hydrogen-bond donors (Lipinski definition) is 1. The summed E-state index contributed by atoms with van der Waals surface area (Å²) in [5.41, 5.74) is 1.41. The summed E-state index contributed by atoms with van der Waals surface area (Å²) in [6.45, 7) is 1.34. The van der Waals surface area contributed by atoms with Gasteiger partial charge in [0.05, 0.1) is 0 Å². The van der Waals surface area contributed by atoms with E-state index in [1.165, 1.54) is 0 Å². The first kappa shape index (κ1) is 16.4. The molecule has 1 fully saturated rings. The number of hydrogen-bond acceptors (Lipinski definition) is 4. The third kappa shape index (κ3) is 3.35. The van der Waals surface area contributed by atoms with Crippen molar-refractivity contribution in [3.8, 4) is 11.5 Å². The molecule has 134 valence electrons. The first-order valence-electron chi connectivity index (χ1n) is 8.75. The molecule has 2 aliphatic heterocycles. The molecule has 0 bridgehead atoms. The van der Waals surface area contributed by atoms with Gasteiger partial charge in [-0.25, -0.2) is 4.79 Å². The first-order chi connectivity index (χ1) is 12.7. The Kier molecular flexibility index (Phi) is 4.48. The van der Waals surface area contributed by atoms with Gasteiger partial charge in [-0.1, -0.05) is 30.3 Å². The van der Waals surface area contributed by atoms with Gasteiger partial charge in [0.15, 0.2) is 17.3 Å². The third-order valence-corrected chi connectivity index (χ3v) is 4.84. The zero-order chi connectivity index (χ0) is 17.9. The average molecular weight is 352 g/mol. The van der Waals surface area contributed by atoms with Crippen LogP contribution in [-0.2, 0) is 0 Å². The molecule has 6 heteroatoms. The zero-order valence-electron chi connectivity index (χ0n) is 14.3. The fourth-order valence-corrected chi connectivity index (χ4v) is 3.36. The lowest BCUT2D eigenvalue weighted by Crippen LogP contribution is -2.42. The average Bonchev–Trinajstić information content (AvgIpc) is 3.16. The van der Waals surface area contributed by atoms with E-state index in [4.69, 9.17) is 9.47 Å². The number of benzene rings is 2. The maximum atomic E-state index is 12.5. The molecule has 0 spiro atoms. The molecule has 2 aromatic carbocycles. The van der Waals surface area contributed by atoms with Crippen LogP contribution in [0.2, 0.25) is 0 Å². The molecule has 6 nitrogen and oxygen atoms in total. The smallest absolute Gasteiger partial charge is 0.321 e. The number of fused-ring (bicyclic) bond motifs is 1. The number of rotatable bonds is 3. The van der Waals surface area contributed by atoms with Crippen LogP contribution < -0.4 is 14.8 Å². The molecule has 2 amide bonds. The number of carbonyl (C=O) groups excluding carboxylic acids is 2. The summed E-state index contributed by atoms with van der Waals surface area (Å²) in [6, 6.07) is 14.5. The molecule has 0 aromatic heterocycles. The molecule has 2 aliphatic rings. The van der Waals surface area contributed by atoms with E-state index >= 15 is 0 Å². The van der Waals surface area contributed by atoms with Crippen molar-refractivity contribution in [1.82, 2.24) is 4.90 Å². The van der Waals surface area contributed by atoms with Crippen molar-refractivity contribution in [3.05, 3.63) is 54.1 Å². The normalized spacial score (nSPS) is 16.4. The molecule has 1 saturated heterocycles. The van der Waals surface area contributed by atoms with Gasteiger partial charge in [-0.05, 0) is 25.0 Å². The number of nitrogens with one attached hydrogen (secondary N) is 1. The number of ether oxygens (including phenoxy) is 2. The number of likely N-dealkylation sites (tertiary alicyclic amines) is 1. The van der Waals surface area contributed by atoms with Crippen LogP contribution >= 0.6 is 0 Å². The number of urea groups is 1. The monoisotopic (exact) mass is 352 g/mol. The van der Waals surface area contributed by atoms with Crippen LogP contribution in [0.5, 0.6) is 11.5 Å². The minimum absolute atomic E-state index is 0.0213. The molecule has 0 saturated carbocycles. The molecule has 1 N–H and O–H groups in total. The number of piperidine rings is 1. The Bertz CT molecular complexity index is 814. The van der Waals surface area contributed by atoms with Crippen LogP contribution in [0.25, 0.3) is 0 Å². The number of Topliss-reactive ketones (excluding diaryl/α,β-unsaturated/α-hetero) is 1. The summed E-state index contributed by atoms with van der Waals surface area (Å²) >= 11 is 0. The Balaban J connectivity index is 1.33. The Hall–Kier alpha value is -3.02. The number of amides is 2. The van der Waals surface area contributed by atoms with Crippen molar-refractivity contribution in [2.24, 2.45) is 5.92 Å². The molecule has 0 aliphatic carbocycles. The second kappa shape index (κ2) is 7.07. The van der Waals surface area contributed by atoms with Crippen LogP contribution in [-0.4, -0.2) is 36.6 Å². The Morgan fingerprint density at radius 3 is 2.46 bits per heavy atom. The summed E-state index contributed by atoms with van der Waals surface area (Å²) in [5.74, 6) is 1.46. The highest BCUT2D eigenvalue weighted by molar-refractivity contribution is 5.98. The second-order valence-corrected chi connectivity index (χ2v) is 6.49. The molecule has 0 unspecified atom stereocenters. The van der Waals surface area contributed by atoms with Gasteiger partial charge in [0.1, 0.15) is 0 Å². The lowest BCUT2D eigenvalue weighted by molar-refractivity contribution is 0.0859. The van der Waals surface area contributed by atoms with Crippen LogP contribution in [0, 0.1) is 5.92 Å². The Morgan fingerprint density at radius 2 is 1.69 bits per heavy atom. The van der Waals surface area contributed by atoms with Crippen molar-refractivity contribution >= 4 is 17.5 Å². The Labute approximate surface area is 151 Å². The summed E-state index contributed by atoms with van der Waals surface area (Å²) in [4.78, 5) is 26.8. The summed E-state index contributed by atoms with van der Waals surface area (Å²) in [5, 5.41) is 2.88. The fraction of sp³-hybridized carbons (Fsp3) is 0.300. The topological polar surface area (TPSA) is 67.9 Å². The predicted octanol–water partition coefficient (Wildman–Crippen LogP) is 3.54. The SMILES string of the molecule is O=C(c1ccccc1)C1CCN(C(=O)Nc2ccc3c(c2)OCO3)CC1. The molecule has 2 heterocycles. The molecule has 0 atom stereocenters. The first-order valence-corrected chi connectivity index (χ1v) is 8.75. The summed E-state index contributed by atoms with van der Waals surface area (Å²) in [6.07, 6.45) is 1.37. The van der Waals surface area contributed by atoms with E-state index in [1.807, 2.05) is 30.3 Å². The second-order valence-electron chi connectivity index (χ2n) is 6.49. The molecule has 0 radical (unpaired) electrons. The minimum atomic E-state index is -0.158. The summed E-state index contributed by atoms with van der Waals surface area (Å²) < 4.78 is 10.6. The van der Waals surface area contributed by atoms with E-state index < -0.39 is 0 Å². The fourth-order valence-electron chi connectivity index (χ4n) is 3.36. The van der Waals surface area contributed by atoms with Gasteiger partial charge >= 0.3 is 6.03 Å². The Morgan fingerprint density at radius 1 is 0.962 bits per heavy atom. The molecular weight excluding hydrogens is 332 g/mol. The highest BCUT2D eigenvalue weighted by Gasteiger charge is 2.28. The molecule has 26 heavy (non-hydrogen) atoms. The molecule has 2 aromatic rings. The number of ketones is 1. The third-order valence-electron chi connectivity index (χ3n) is 4.84. The van der Waals surface area contributed by atoms with Gasteiger partial charge in [-0.2, -0.15) is 0 Å². The van der Waals surface area contributed by atoms with Crippen LogP contribution in [0.1, 0.15) is 23.2 Å². The van der Waals surface area contributed by atoms with Crippen LogP contribution in [0.3, 0.4) is 0 Å². The van der Waals surface area contributed by atoms with E-state index in [0.29, 0.717) is 43.1 Å². The van der Waals surface area contributed by atoms with E-state index in [0.717, 1.165) is 5.56 Å². The molecule has 4 rings (SSSR count). The largest absolute Gasteiger partial charge is 0.454 e. The lowest BCUT2D eigenvalue weighted by Gasteiger charge is -2.31. The number of carbonyl (C=O) groups is 2. The number of nitrogens with zero attached hydrogens (tertiary/aromatic N) is 1. The molecular formula is C20H20N2O4. The van der Waals surface area contributed by atoms with E-state index in [2.05, 4.69) is 5.32 Å².